The van der Waals surface area contributed by atoms with Crippen molar-refractivity contribution in [1.29, 1.82) is 0 Å². The monoisotopic (exact) mass is 339 g/mol. The van der Waals surface area contributed by atoms with Gasteiger partial charge in [0.15, 0.2) is 0 Å². The first kappa shape index (κ1) is 19.6. The van der Waals surface area contributed by atoms with E-state index in [4.69, 9.17) is 10.5 Å². The van der Waals surface area contributed by atoms with E-state index in [0.717, 1.165) is 5.69 Å². The Kier molecular flexibility index (Phi) is 9.13. The fourth-order valence-corrected chi connectivity index (χ4v) is 1.96. The highest BCUT2D eigenvalue weighted by Crippen LogP contribution is 2.00. The number of ether oxygens (including phenoxy) is 1. The zero-order valence-electron chi connectivity index (χ0n) is 13.8. The average molecular weight is 339 g/mol. The number of esters is 1. The molecule has 0 radical (unpaired) electrons. The number of amides is 2. The maximum atomic E-state index is 12.2. The first-order valence-electron chi connectivity index (χ1n) is 7.96. The van der Waals surface area contributed by atoms with Crippen LogP contribution in [0.15, 0.2) is 12.5 Å². The van der Waals surface area contributed by atoms with E-state index in [0.29, 0.717) is 12.8 Å². The molecule has 0 fully saturated rings. The molecule has 1 atom stereocenters. The Morgan fingerprint density at radius 3 is 2.79 bits per heavy atom. The van der Waals surface area contributed by atoms with Crippen LogP contribution < -0.4 is 16.4 Å². The van der Waals surface area contributed by atoms with E-state index in [9.17, 15) is 14.4 Å². The number of aromatic nitrogens is 2. The maximum Gasteiger partial charge on any atom is 0.305 e. The van der Waals surface area contributed by atoms with Crippen LogP contribution in [0.4, 0.5) is 0 Å². The summed E-state index contributed by atoms with van der Waals surface area (Å²) in [7, 11) is 0. The van der Waals surface area contributed by atoms with Crippen molar-refractivity contribution in [3.63, 3.8) is 0 Å². The van der Waals surface area contributed by atoms with Crippen LogP contribution >= 0.6 is 0 Å². The van der Waals surface area contributed by atoms with Crippen LogP contribution in [0.3, 0.4) is 0 Å². The van der Waals surface area contributed by atoms with Gasteiger partial charge >= 0.3 is 5.97 Å². The van der Waals surface area contributed by atoms with E-state index < -0.39 is 6.04 Å². The molecule has 0 spiro atoms. The molecular weight excluding hydrogens is 314 g/mol. The number of carbonyl (C=O) groups is 3. The van der Waals surface area contributed by atoms with Gasteiger partial charge in [-0.1, -0.05) is 6.92 Å². The molecule has 0 aliphatic rings. The molecule has 0 aliphatic carbocycles. The summed E-state index contributed by atoms with van der Waals surface area (Å²) in [5, 5.41) is 5.28. The van der Waals surface area contributed by atoms with Crippen LogP contribution in [0.5, 0.6) is 0 Å². The molecule has 0 unspecified atom stereocenters. The number of carbonyl (C=O) groups excluding carboxylic acids is 3. The molecule has 0 saturated heterocycles. The highest BCUT2D eigenvalue weighted by atomic mass is 16.5. The summed E-state index contributed by atoms with van der Waals surface area (Å²) < 4.78 is 4.96. The predicted octanol–water partition coefficient (Wildman–Crippen LogP) is -0.755. The minimum Gasteiger partial charge on any atom is -0.464 e. The summed E-state index contributed by atoms with van der Waals surface area (Å²) in [6.45, 7) is 2.36. The van der Waals surface area contributed by atoms with Crippen molar-refractivity contribution in [3.8, 4) is 0 Å². The lowest BCUT2D eigenvalue weighted by molar-refractivity contribution is -0.144. The highest BCUT2D eigenvalue weighted by Gasteiger charge is 2.21. The van der Waals surface area contributed by atoms with Crippen LogP contribution in [0.1, 0.15) is 31.9 Å². The summed E-state index contributed by atoms with van der Waals surface area (Å²) in [6.07, 6.45) is 4.57. The van der Waals surface area contributed by atoms with Gasteiger partial charge in [-0.15, -0.1) is 0 Å². The van der Waals surface area contributed by atoms with Gasteiger partial charge in [0, 0.05) is 37.7 Å². The molecule has 0 saturated carbocycles. The Morgan fingerprint density at radius 2 is 2.17 bits per heavy atom. The fourth-order valence-electron chi connectivity index (χ4n) is 1.96. The molecule has 1 rings (SSSR count). The van der Waals surface area contributed by atoms with Gasteiger partial charge < -0.3 is 26.1 Å². The van der Waals surface area contributed by atoms with E-state index in [1.165, 1.54) is 6.33 Å². The first-order chi connectivity index (χ1) is 11.6. The molecule has 9 heteroatoms. The van der Waals surface area contributed by atoms with Crippen molar-refractivity contribution in [2.75, 3.05) is 19.7 Å². The summed E-state index contributed by atoms with van der Waals surface area (Å²) >= 11 is 0. The molecule has 0 aromatic carbocycles. The number of nitrogens with one attached hydrogen (secondary N) is 3. The largest absolute Gasteiger partial charge is 0.464 e. The second-order valence-electron chi connectivity index (χ2n) is 5.20. The van der Waals surface area contributed by atoms with Gasteiger partial charge in [0.1, 0.15) is 12.6 Å². The Morgan fingerprint density at radius 1 is 1.38 bits per heavy atom. The number of nitrogens with two attached hydrogens (primary N) is 1. The number of hydrogen-bond acceptors (Lipinski definition) is 6. The summed E-state index contributed by atoms with van der Waals surface area (Å²) in [4.78, 5) is 42.0. The van der Waals surface area contributed by atoms with Gasteiger partial charge in [-0.3, -0.25) is 14.4 Å². The maximum absolute atomic E-state index is 12.2. The molecule has 9 nitrogen and oxygen atoms in total. The van der Waals surface area contributed by atoms with Gasteiger partial charge in [-0.25, -0.2) is 4.98 Å². The van der Waals surface area contributed by atoms with E-state index >= 15 is 0 Å². The van der Waals surface area contributed by atoms with Gasteiger partial charge in [-0.05, 0) is 6.42 Å². The minimum absolute atomic E-state index is 0.0953. The number of aromatic amines is 1. The molecule has 5 N–H and O–H groups in total. The molecule has 1 aromatic heterocycles. The molecule has 24 heavy (non-hydrogen) atoms. The summed E-state index contributed by atoms with van der Waals surface area (Å²) in [5.74, 6) is -0.954. The van der Waals surface area contributed by atoms with Gasteiger partial charge in [0.2, 0.25) is 11.8 Å². The number of imidazole rings is 1. The van der Waals surface area contributed by atoms with Crippen molar-refractivity contribution < 1.29 is 19.1 Å². The first-order valence-corrected chi connectivity index (χ1v) is 7.96. The number of hydrogen-bond donors (Lipinski definition) is 4. The fraction of sp³-hybridized carbons (Fsp3) is 0.600. The minimum atomic E-state index is -0.754. The Bertz CT molecular complexity index is 518. The van der Waals surface area contributed by atoms with E-state index in [2.05, 4.69) is 20.6 Å². The van der Waals surface area contributed by atoms with Crippen molar-refractivity contribution in [2.24, 2.45) is 5.73 Å². The molecular formula is C15H25N5O4. The second kappa shape index (κ2) is 11.2. The third-order valence-corrected chi connectivity index (χ3v) is 3.12. The van der Waals surface area contributed by atoms with Crippen molar-refractivity contribution in [1.82, 2.24) is 20.6 Å². The summed E-state index contributed by atoms with van der Waals surface area (Å²) in [6, 6.07) is -0.754. The molecule has 134 valence electrons. The third-order valence-electron chi connectivity index (χ3n) is 3.12. The van der Waals surface area contributed by atoms with Gasteiger partial charge in [0.05, 0.1) is 12.9 Å². The highest BCUT2D eigenvalue weighted by molar-refractivity contribution is 5.87. The summed E-state index contributed by atoms with van der Waals surface area (Å²) in [5.41, 5.74) is 6.06. The Balaban J connectivity index is 2.47. The van der Waals surface area contributed by atoms with Crippen molar-refractivity contribution in [2.45, 2.75) is 38.6 Å². The predicted molar refractivity (Wildman–Crippen MR) is 86.8 cm³/mol. The normalized spacial score (nSPS) is 11.6. The zero-order valence-corrected chi connectivity index (χ0v) is 13.8. The van der Waals surface area contributed by atoms with Gasteiger partial charge in [-0.2, -0.15) is 0 Å². The number of nitrogens with zero attached hydrogens (tertiary/aromatic N) is 1. The van der Waals surface area contributed by atoms with E-state index in [1.807, 2.05) is 6.92 Å². The Hall–Kier alpha value is -2.42. The van der Waals surface area contributed by atoms with Crippen molar-refractivity contribution in [3.05, 3.63) is 18.2 Å². The van der Waals surface area contributed by atoms with E-state index in [1.54, 1.807) is 6.20 Å². The van der Waals surface area contributed by atoms with Crippen LogP contribution in [0.25, 0.3) is 0 Å². The van der Waals surface area contributed by atoms with Crippen LogP contribution in [0, 0.1) is 0 Å². The van der Waals surface area contributed by atoms with Crippen LogP contribution in [-0.4, -0.2) is 53.5 Å². The van der Waals surface area contributed by atoms with Crippen LogP contribution in [-0.2, 0) is 25.5 Å². The quantitative estimate of drug-likeness (QED) is 0.309. The lowest BCUT2D eigenvalue weighted by Crippen LogP contribution is -2.49. The SMILES string of the molecule is CCCC(=O)OCCNC(=O)[C@H](Cc1cnc[nH]1)NC(=O)CCN. The topological polar surface area (TPSA) is 139 Å². The van der Waals surface area contributed by atoms with Crippen molar-refractivity contribution >= 4 is 17.8 Å². The average Bonchev–Trinajstić information content (AvgIpc) is 3.04. The van der Waals surface area contributed by atoms with Gasteiger partial charge in [0.25, 0.3) is 0 Å². The number of H-pyrrole nitrogens is 1. The molecule has 2 amide bonds. The standard InChI is InChI=1S/C15H25N5O4/c1-2-3-14(22)24-7-6-18-15(23)12(20-13(21)4-5-16)8-11-9-17-10-19-11/h9-10,12H,2-8,16H2,1H3,(H,17,19)(H,18,23)(H,20,21)/t12-/m0/s1. The molecule has 0 aliphatic heterocycles. The van der Waals surface area contributed by atoms with E-state index in [-0.39, 0.29) is 50.3 Å². The Labute approximate surface area is 140 Å². The lowest BCUT2D eigenvalue weighted by atomic mass is 10.1. The zero-order chi connectivity index (χ0) is 17.8. The molecule has 1 aromatic rings. The molecule has 0 bridgehead atoms. The molecule has 1 heterocycles. The van der Waals surface area contributed by atoms with Crippen LogP contribution in [0.2, 0.25) is 0 Å². The lowest BCUT2D eigenvalue weighted by Gasteiger charge is -2.18. The second-order valence-corrected chi connectivity index (χ2v) is 5.20. The smallest absolute Gasteiger partial charge is 0.305 e. The number of rotatable bonds is 11. The third kappa shape index (κ3) is 7.73.